The number of carbonyl (C=O) groups is 1. The number of aliphatic hydroxyl groups is 1. The molecule has 0 radical (unpaired) electrons. The highest BCUT2D eigenvalue weighted by molar-refractivity contribution is 9.11. The SMILES string of the molecule is CC(=O)[C@H](O)CC1=CC=C(Br)CC1. The molecule has 0 aromatic heterocycles. The fraction of sp³-hybridized carbons (Fsp3) is 0.500. The molecule has 1 rings (SSSR count). The molecule has 0 aromatic carbocycles. The number of ketones is 1. The number of aliphatic hydroxyl groups excluding tert-OH is 1. The standard InChI is InChI=1S/C10H13BrO2/c1-7(12)10(13)6-8-2-4-9(11)5-3-8/h2,4,10,13H,3,5-6H2,1H3/t10-/m1/s1. The summed E-state index contributed by atoms with van der Waals surface area (Å²) in [6, 6.07) is 0. The van der Waals surface area contributed by atoms with Gasteiger partial charge in [-0.15, -0.1) is 0 Å². The van der Waals surface area contributed by atoms with Crippen LogP contribution in [0.25, 0.3) is 0 Å². The lowest BCUT2D eigenvalue weighted by Gasteiger charge is -2.13. The highest BCUT2D eigenvalue weighted by atomic mass is 79.9. The van der Waals surface area contributed by atoms with Crippen molar-refractivity contribution in [2.24, 2.45) is 0 Å². The summed E-state index contributed by atoms with van der Waals surface area (Å²) < 4.78 is 1.17. The number of halogens is 1. The Bertz CT molecular complexity index is 266. The van der Waals surface area contributed by atoms with Crippen molar-refractivity contribution in [1.82, 2.24) is 0 Å². The molecular weight excluding hydrogens is 232 g/mol. The number of hydrogen-bond acceptors (Lipinski definition) is 2. The van der Waals surface area contributed by atoms with Crippen LogP contribution in [0.5, 0.6) is 0 Å². The first-order chi connectivity index (χ1) is 6.09. The smallest absolute Gasteiger partial charge is 0.158 e. The van der Waals surface area contributed by atoms with Crippen molar-refractivity contribution in [1.29, 1.82) is 0 Å². The third kappa shape index (κ3) is 3.44. The predicted octanol–water partition coefficient (Wildman–Crippen LogP) is 2.33. The first kappa shape index (κ1) is 10.7. The molecular formula is C10H13BrO2. The molecule has 0 saturated carbocycles. The van der Waals surface area contributed by atoms with Crippen LogP contribution < -0.4 is 0 Å². The van der Waals surface area contributed by atoms with E-state index in [9.17, 15) is 9.90 Å². The van der Waals surface area contributed by atoms with E-state index >= 15 is 0 Å². The molecule has 2 nitrogen and oxygen atoms in total. The van der Waals surface area contributed by atoms with Crippen molar-refractivity contribution in [3.05, 3.63) is 22.2 Å². The topological polar surface area (TPSA) is 37.3 Å². The van der Waals surface area contributed by atoms with Gasteiger partial charge in [-0.2, -0.15) is 0 Å². The Hall–Kier alpha value is -0.410. The van der Waals surface area contributed by atoms with Gasteiger partial charge in [0.15, 0.2) is 5.78 Å². The van der Waals surface area contributed by atoms with Crippen LogP contribution in [-0.4, -0.2) is 17.0 Å². The summed E-state index contributed by atoms with van der Waals surface area (Å²) in [6.45, 7) is 1.42. The molecule has 1 aliphatic rings. The molecule has 3 heteroatoms. The first-order valence-corrected chi connectivity index (χ1v) is 5.11. The highest BCUT2D eigenvalue weighted by Gasteiger charge is 2.13. The predicted molar refractivity (Wildman–Crippen MR) is 55.6 cm³/mol. The largest absolute Gasteiger partial charge is 0.385 e. The molecule has 0 spiro atoms. The van der Waals surface area contributed by atoms with Crippen molar-refractivity contribution in [3.8, 4) is 0 Å². The molecule has 0 fully saturated rings. The summed E-state index contributed by atoms with van der Waals surface area (Å²) in [5.74, 6) is -0.158. The van der Waals surface area contributed by atoms with Gasteiger partial charge in [0, 0.05) is 6.42 Å². The molecule has 72 valence electrons. The van der Waals surface area contributed by atoms with Crippen LogP contribution in [0.15, 0.2) is 22.2 Å². The maximum absolute atomic E-state index is 10.8. The molecule has 0 heterocycles. The molecule has 0 amide bonds. The Kier molecular flexibility index (Phi) is 3.88. The Morgan fingerprint density at radius 1 is 1.62 bits per heavy atom. The molecule has 0 unspecified atom stereocenters. The third-order valence-corrected chi connectivity index (χ3v) is 2.77. The fourth-order valence-electron chi connectivity index (χ4n) is 1.22. The zero-order valence-electron chi connectivity index (χ0n) is 7.59. The van der Waals surface area contributed by atoms with Crippen LogP contribution in [0.4, 0.5) is 0 Å². The van der Waals surface area contributed by atoms with E-state index in [-0.39, 0.29) is 5.78 Å². The van der Waals surface area contributed by atoms with Crippen molar-refractivity contribution in [2.45, 2.75) is 32.3 Å². The van der Waals surface area contributed by atoms with Crippen molar-refractivity contribution in [3.63, 3.8) is 0 Å². The molecule has 0 aliphatic heterocycles. The van der Waals surface area contributed by atoms with Gasteiger partial charge in [0.1, 0.15) is 6.10 Å². The maximum atomic E-state index is 10.8. The summed E-state index contributed by atoms with van der Waals surface area (Å²) in [4.78, 5) is 10.8. The number of rotatable bonds is 3. The minimum absolute atomic E-state index is 0.158. The number of hydrogen-bond donors (Lipinski definition) is 1. The van der Waals surface area contributed by atoms with Gasteiger partial charge in [-0.3, -0.25) is 4.79 Å². The van der Waals surface area contributed by atoms with Crippen LogP contribution in [0.3, 0.4) is 0 Å². The van der Waals surface area contributed by atoms with Crippen LogP contribution >= 0.6 is 15.9 Å². The number of carbonyl (C=O) groups excluding carboxylic acids is 1. The van der Waals surface area contributed by atoms with Gasteiger partial charge >= 0.3 is 0 Å². The minimum Gasteiger partial charge on any atom is -0.385 e. The van der Waals surface area contributed by atoms with Crippen LogP contribution in [0.2, 0.25) is 0 Å². The van der Waals surface area contributed by atoms with Gasteiger partial charge < -0.3 is 5.11 Å². The Morgan fingerprint density at radius 2 is 2.31 bits per heavy atom. The van der Waals surface area contributed by atoms with E-state index in [1.165, 1.54) is 11.4 Å². The van der Waals surface area contributed by atoms with Crippen molar-refractivity contribution in [2.75, 3.05) is 0 Å². The molecule has 0 saturated heterocycles. The second-order valence-electron chi connectivity index (χ2n) is 3.27. The Labute approximate surface area is 86.5 Å². The lowest BCUT2D eigenvalue weighted by Crippen LogP contribution is -2.17. The lowest BCUT2D eigenvalue weighted by molar-refractivity contribution is -0.124. The Balaban J connectivity index is 2.51. The summed E-state index contributed by atoms with van der Waals surface area (Å²) in [6.07, 6.45) is 5.51. The summed E-state index contributed by atoms with van der Waals surface area (Å²) in [5.41, 5.74) is 1.14. The monoisotopic (exact) mass is 244 g/mol. The van der Waals surface area contributed by atoms with Gasteiger partial charge in [-0.1, -0.05) is 33.7 Å². The first-order valence-electron chi connectivity index (χ1n) is 4.32. The highest BCUT2D eigenvalue weighted by Crippen LogP contribution is 2.25. The van der Waals surface area contributed by atoms with E-state index in [0.717, 1.165) is 18.4 Å². The molecule has 0 aromatic rings. The summed E-state index contributed by atoms with van der Waals surface area (Å²) >= 11 is 3.40. The number of allylic oxidation sites excluding steroid dienone is 3. The average molecular weight is 245 g/mol. The van der Waals surface area contributed by atoms with E-state index in [1.807, 2.05) is 12.2 Å². The zero-order chi connectivity index (χ0) is 9.84. The minimum atomic E-state index is -0.823. The quantitative estimate of drug-likeness (QED) is 0.828. The second kappa shape index (κ2) is 4.72. The van der Waals surface area contributed by atoms with E-state index in [1.54, 1.807) is 0 Å². The molecule has 13 heavy (non-hydrogen) atoms. The average Bonchev–Trinajstić information content (AvgIpc) is 2.08. The Morgan fingerprint density at radius 3 is 2.77 bits per heavy atom. The van der Waals surface area contributed by atoms with Gasteiger partial charge in [0.05, 0.1) is 0 Å². The summed E-state index contributed by atoms with van der Waals surface area (Å²) in [5, 5.41) is 9.32. The van der Waals surface area contributed by atoms with E-state index in [2.05, 4.69) is 15.9 Å². The second-order valence-corrected chi connectivity index (χ2v) is 4.29. The van der Waals surface area contributed by atoms with Crippen LogP contribution in [0.1, 0.15) is 26.2 Å². The maximum Gasteiger partial charge on any atom is 0.158 e. The van der Waals surface area contributed by atoms with Crippen molar-refractivity contribution < 1.29 is 9.90 Å². The van der Waals surface area contributed by atoms with Gasteiger partial charge in [-0.25, -0.2) is 0 Å². The molecule has 1 atom stereocenters. The third-order valence-electron chi connectivity index (χ3n) is 2.11. The number of Topliss-reactive ketones (excluding diaryl/α,β-unsaturated/α-hetero) is 1. The lowest BCUT2D eigenvalue weighted by atomic mass is 9.98. The zero-order valence-corrected chi connectivity index (χ0v) is 9.17. The van der Waals surface area contributed by atoms with E-state index in [0.29, 0.717) is 6.42 Å². The van der Waals surface area contributed by atoms with Gasteiger partial charge in [-0.05, 0) is 24.2 Å². The molecule has 1 N–H and O–H groups in total. The van der Waals surface area contributed by atoms with Gasteiger partial charge in [0.25, 0.3) is 0 Å². The van der Waals surface area contributed by atoms with E-state index in [4.69, 9.17) is 0 Å². The normalized spacial score (nSPS) is 19.0. The molecule has 1 aliphatic carbocycles. The fourth-order valence-corrected chi connectivity index (χ4v) is 1.55. The van der Waals surface area contributed by atoms with Crippen LogP contribution in [0, 0.1) is 0 Å². The van der Waals surface area contributed by atoms with E-state index < -0.39 is 6.10 Å². The van der Waals surface area contributed by atoms with Gasteiger partial charge in [0.2, 0.25) is 0 Å². The molecule has 0 bridgehead atoms. The van der Waals surface area contributed by atoms with Crippen molar-refractivity contribution >= 4 is 21.7 Å². The summed E-state index contributed by atoms with van der Waals surface area (Å²) in [7, 11) is 0. The van der Waals surface area contributed by atoms with Crippen LogP contribution in [-0.2, 0) is 4.79 Å².